The minimum absolute atomic E-state index is 0.0800. The average Bonchev–Trinajstić information content (AvgIpc) is 3.11. The van der Waals surface area contributed by atoms with E-state index in [1.54, 1.807) is 30.0 Å². The van der Waals surface area contributed by atoms with Gasteiger partial charge in [0.15, 0.2) is 5.76 Å². The standard InChI is InChI=1S/C20H16FN3O4/c1-12-15(3-2-4-18(12)24(26)27)20(25)23-10-9-16-17(11-23)22-28-19(16)13-5-7-14(21)8-6-13/h2-8H,9-11H2,1H3. The highest BCUT2D eigenvalue weighted by Crippen LogP contribution is 2.31. The van der Waals surface area contributed by atoms with Crippen LogP contribution < -0.4 is 0 Å². The zero-order chi connectivity index (χ0) is 19.8. The smallest absolute Gasteiger partial charge is 0.273 e. The van der Waals surface area contributed by atoms with Crippen LogP contribution in [-0.4, -0.2) is 27.4 Å². The van der Waals surface area contributed by atoms with E-state index in [1.807, 2.05) is 0 Å². The lowest BCUT2D eigenvalue weighted by molar-refractivity contribution is -0.385. The fraction of sp³-hybridized carbons (Fsp3) is 0.200. The van der Waals surface area contributed by atoms with E-state index in [9.17, 15) is 19.3 Å². The number of carbonyl (C=O) groups is 1. The second-order valence-electron chi connectivity index (χ2n) is 6.63. The highest BCUT2D eigenvalue weighted by molar-refractivity contribution is 5.96. The van der Waals surface area contributed by atoms with Crippen molar-refractivity contribution in [3.8, 4) is 11.3 Å². The number of nitrogens with zero attached hydrogens (tertiary/aromatic N) is 3. The Hall–Kier alpha value is -3.55. The minimum atomic E-state index is -0.493. The summed E-state index contributed by atoms with van der Waals surface area (Å²) in [7, 11) is 0. The first-order chi connectivity index (χ1) is 13.5. The van der Waals surface area contributed by atoms with Crippen molar-refractivity contribution in [2.75, 3.05) is 6.54 Å². The zero-order valence-corrected chi connectivity index (χ0v) is 15.0. The van der Waals surface area contributed by atoms with Crippen LogP contribution in [0.4, 0.5) is 10.1 Å². The largest absolute Gasteiger partial charge is 0.356 e. The summed E-state index contributed by atoms with van der Waals surface area (Å²) >= 11 is 0. The minimum Gasteiger partial charge on any atom is -0.356 e. The number of hydrogen-bond acceptors (Lipinski definition) is 5. The summed E-state index contributed by atoms with van der Waals surface area (Å²) in [4.78, 5) is 25.2. The van der Waals surface area contributed by atoms with Crippen molar-refractivity contribution >= 4 is 11.6 Å². The Kier molecular flexibility index (Phi) is 4.38. The molecule has 1 aliphatic heterocycles. The highest BCUT2D eigenvalue weighted by Gasteiger charge is 2.29. The fourth-order valence-electron chi connectivity index (χ4n) is 3.46. The Morgan fingerprint density at radius 3 is 2.71 bits per heavy atom. The van der Waals surface area contributed by atoms with Crippen LogP contribution in [0.3, 0.4) is 0 Å². The monoisotopic (exact) mass is 381 g/mol. The van der Waals surface area contributed by atoms with Crippen LogP contribution in [0.2, 0.25) is 0 Å². The molecule has 28 heavy (non-hydrogen) atoms. The van der Waals surface area contributed by atoms with Crippen molar-refractivity contribution in [3.63, 3.8) is 0 Å². The van der Waals surface area contributed by atoms with Gasteiger partial charge in [0.1, 0.15) is 11.5 Å². The molecule has 2 heterocycles. The molecule has 0 unspecified atom stereocenters. The molecule has 0 bridgehead atoms. The molecular weight excluding hydrogens is 365 g/mol. The lowest BCUT2D eigenvalue weighted by Gasteiger charge is -2.26. The van der Waals surface area contributed by atoms with Gasteiger partial charge in [0, 0.05) is 34.9 Å². The molecule has 0 aliphatic carbocycles. The van der Waals surface area contributed by atoms with Crippen molar-refractivity contribution in [1.29, 1.82) is 0 Å². The summed E-state index contributed by atoms with van der Waals surface area (Å²) in [6.45, 7) is 2.26. The number of amides is 1. The van der Waals surface area contributed by atoms with Gasteiger partial charge in [0.2, 0.25) is 0 Å². The van der Waals surface area contributed by atoms with Gasteiger partial charge in [0.25, 0.3) is 11.6 Å². The van der Waals surface area contributed by atoms with Gasteiger partial charge >= 0.3 is 0 Å². The molecule has 0 radical (unpaired) electrons. The van der Waals surface area contributed by atoms with E-state index in [1.165, 1.54) is 24.3 Å². The highest BCUT2D eigenvalue weighted by atomic mass is 19.1. The Balaban J connectivity index is 1.60. The summed E-state index contributed by atoms with van der Waals surface area (Å²) in [5.74, 6) is -0.0342. The SMILES string of the molecule is Cc1c(C(=O)N2CCc3c(noc3-c3ccc(F)cc3)C2)cccc1[N+](=O)[O-]. The third-order valence-electron chi connectivity index (χ3n) is 4.97. The van der Waals surface area contributed by atoms with Gasteiger partial charge in [-0.3, -0.25) is 14.9 Å². The third-order valence-corrected chi connectivity index (χ3v) is 4.97. The molecule has 7 nitrogen and oxygen atoms in total. The number of halogens is 1. The summed E-state index contributed by atoms with van der Waals surface area (Å²) in [5, 5.41) is 15.2. The van der Waals surface area contributed by atoms with Crippen molar-refractivity contribution < 1.29 is 18.6 Å². The molecule has 1 amide bonds. The number of benzene rings is 2. The van der Waals surface area contributed by atoms with Gasteiger partial charge in [-0.25, -0.2) is 4.39 Å². The summed E-state index contributed by atoms with van der Waals surface area (Å²) in [5.41, 5.74) is 2.83. The van der Waals surface area contributed by atoms with Crippen molar-refractivity contribution in [3.05, 3.63) is 80.8 Å². The molecule has 0 spiro atoms. The molecule has 142 valence electrons. The maximum absolute atomic E-state index is 13.1. The maximum Gasteiger partial charge on any atom is 0.273 e. The first-order valence-corrected chi connectivity index (χ1v) is 8.72. The summed E-state index contributed by atoms with van der Waals surface area (Å²) in [6.07, 6.45) is 0.533. The molecule has 0 atom stereocenters. The van der Waals surface area contributed by atoms with Crippen LogP contribution in [0.15, 0.2) is 47.0 Å². The molecule has 0 saturated heterocycles. The molecule has 2 aromatic carbocycles. The Labute approximate surface area is 159 Å². The molecule has 8 heteroatoms. The number of nitro benzene ring substituents is 1. The van der Waals surface area contributed by atoms with E-state index in [-0.39, 0.29) is 24.0 Å². The van der Waals surface area contributed by atoms with Crippen LogP contribution >= 0.6 is 0 Å². The Bertz CT molecular complexity index is 1080. The molecule has 0 N–H and O–H groups in total. The van der Waals surface area contributed by atoms with E-state index in [4.69, 9.17) is 4.52 Å². The molecule has 1 aliphatic rings. The first-order valence-electron chi connectivity index (χ1n) is 8.72. The zero-order valence-electron chi connectivity index (χ0n) is 15.0. The van der Waals surface area contributed by atoms with E-state index in [0.29, 0.717) is 35.5 Å². The molecule has 3 aromatic rings. The van der Waals surface area contributed by atoms with Gasteiger partial charge in [-0.1, -0.05) is 11.2 Å². The van der Waals surface area contributed by atoms with Crippen LogP contribution in [0.25, 0.3) is 11.3 Å². The van der Waals surface area contributed by atoms with Gasteiger partial charge in [-0.15, -0.1) is 0 Å². The Morgan fingerprint density at radius 2 is 2.00 bits per heavy atom. The lowest BCUT2D eigenvalue weighted by Crippen LogP contribution is -2.36. The fourth-order valence-corrected chi connectivity index (χ4v) is 3.46. The summed E-state index contributed by atoms with van der Waals surface area (Å²) in [6, 6.07) is 10.4. The molecule has 0 saturated carbocycles. The van der Waals surface area contributed by atoms with E-state index < -0.39 is 4.92 Å². The summed E-state index contributed by atoms with van der Waals surface area (Å²) < 4.78 is 18.6. The lowest BCUT2D eigenvalue weighted by atomic mass is 9.99. The maximum atomic E-state index is 13.1. The number of hydrogen-bond donors (Lipinski definition) is 0. The molecule has 1 aromatic heterocycles. The average molecular weight is 381 g/mol. The number of nitro groups is 1. The number of carbonyl (C=O) groups excluding carboxylic acids is 1. The predicted molar refractivity (Wildman–Crippen MR) is 98.2 cm³/mol. The Morgan fingerprint density at radius 1 is 1.25 bits per heavy atom. The quantitative estimate of drug-likeness (QED) is 0.507. The van der Waals surface area contributed by atoms with Gasteiger partial charge < -0.3 is 9.42 Å². The second kappa shape index (κ2) is 6.88. The van der Waals surface area contributed by atoms with E-state index in [2.05, 4.69) is 5.16 Å². The van der Waals surface area contributed by atoms with Crippen molar-refractivity contribution in [2.45, 2.75) is 19.9 Å². The first kappa shape index (κ1) is 17.8. The van der Waals surface area contributed by atoms with Crippen LogP contribution in [0.1, 0.15) is 27.2 Å². The van der Waals surface area contributed by atoms with Gasteiger partial charge in [-0.05, 0) is 43.7 Å². The normalized spacial score (nSPS) is 13.3. The third kappa shape index (κ3) is 3.02. The second-order valence-corrected chi connectivity index (χ2v) is 6.63. The van der Waals surface area contributed by atoms with Crippen molar-refractivity contribution in [1.82, 2.24) is 10.1 Å². The van der Waals surface area contributed by atoms with Gasteiger partial charge in [-0.2, -0.15) is 0 Å². The van der Waals surface area contributed by atoms with Gasteiger partial charge in [0.05, 0.1) is 11.5 Å². The van der Waals surface area contributed by atoms with Crippen LogP contribution in [0.5, 0.6) is 0 Å². The van der Waals surface area contributed by atoms with E-state index in [0.717, 1.165) is 11.1 Å². The van der Waals surface area contributed by atoms with E-state index >= 15 is 0 Å². The number of fused-ring (bicyclic) bond motifs is 1. The number of rotatable bonds is 3. The molecular formula is C20H16FN3O4. The molecule has 4 rings (SSSR count). The topological polar surface area (TPSA) is 89.5 Å². The van der Waals surface area contributed by atoms with Crippen molar-refractivity contribution in [2.24, 2.45) is 0 Å². The number of aromatic nitrogens is 1. The predicted octanol–water partition coefficient (Wildman–Crippen LogP) is 3.90. The molecule has 0 fully saturated rings. The van der Waals surface area contributed by atoms with Crippen LogP contribution in [-0.2, 0) is 13.0 Å². The van der Waals surface area contributed by atoms with Crippen LogP contribution in [0, 0.1) is 22.9 Å².